The van der Waals surface area contributed by atoms with E-state index in [9.17, 15) is 0 Å². The van der Waals surface area contributed by atoms with Gasteiger partial charge in [-0.25, -0.2) is 14.6 Å². The molecule has 27 heavy (non-hydrogen) atoms. The van der Waals surface area contributed by atoms with Gasteiger partial charge in [0, 0.05) is 51.1 Å². The molecule has 1 N–H and O–H groups in total. The molecule has 0 atom stereocenters. The maximum absolute atomic E-state index is 8.98. The summed E-state index contributed by atoms with van der Waals surface area (Å²) in [7, 11) is 0. The molecule has 0 spiro atoms. The number of hydrogen-bond donors (Lipinski definition) is 1. The summed E-state index contributed by atoms with van der Waals surface area (Å²) in [6, 6.07) is 1.99. The minimum Gasteiger partial charge on any atom is -0.396 e. The zero-order chi connectivity index (χ0) is 18.6. The van der Waals surface area contributed by atoms with Crippen molar-refractivity contribution in [2.75, 3.05) is 24.6 Å². The van der Waals surface area contributed by atoms with Crippen LogP contribution in [0.25, 0.3) is 5.82 Å². The Labute approximate surface area is 157 Å². The highest BCUT2D eigenvalue weighted by Crippen LogP contribution is 2.23. The summed E-state index contributed by atoms with van der Waals surface area (Å²) >= 11 is 0. The van der Waals surface area contributed by atoms with Crippen molar-refractivity contribution in [2.45, 2.75) is 32.7 Å². The van der Waals surface area contributed by atoms with E-state index in [1.54, 1.807) is 11.0 Å². The van der Waals surface area contributed by atoms with Crippen LogP contribution in [0.2, 0.25) is 0 Å². The van der Waals surface area contributed by atoms with Crippen molar-refractivity contribution < 1.29 is 5.11 Å². The first kappa shape index (κ1) is 17.6. The van der Waals surface area contributed by atoms with E-state index in [-0.39, 0.29) is 6.61 Å². The van der Waals surface area contributed by atoms with Gasteiger partial charge in [-0.1, -0.05) is 5.21 Å². The summed E-state index contributed by atoms with van der Waals surface area (Å²) in [5.74, 6) is 2.30. The molecule has 1 aliphatic heterocycles. The number of aromatic nitrogens is 7. The summed E-state index contributed by atoms with van der Waals surface area (Å²) in [5, 5.41) is 21.6. The largest absolute Gasteiger partial charge is 0.396 e. The van der Waals surface area contributed by atoms with Crippen LogP contribution in [0.5, 0.6) is 0 Å². The summed E-state index contributed by atoms with van der Waals surface area (Å²) < 4.78 is 3.68. The van der Waals surface area contributed by atoms with Crippen molar-refractivity contribution in [3.63, 3.8) is 0 Å². The van der Waals surface area contributed by atoms with Crippen LogP contribution >= 0.6 is 0 Å². The van der Waals surface area contributed by atoms with Crippen LogP contribution in [0.3, 0.4) is 0 Å². The molecule has 1 fully saturated rings. The Morgan fingerprint density at radius 1 is 1.15 bits per heavy atom. The zero-order valence-electron chi connectivity index (χ0n) is 15.4. The third kappa shape index (κ3) is 4.13. The van der Waals surface area contributed by atoms with E-state index in [0.717, 1.165) is 55.4 Å². The first-order valence-corrected chi connectivity index (χ1v) is 9.30. The summed E-state index contributed by atoms with van der Waals surface area (Å²) in [4.78, 5) is 11.1. The minimum absolute atomic E-state index is 0.107. The predicted molar refractivity (Wildman–Crippen MR) is 99.6 cm³/mol. The smallest absolute Gasteiger partial charge is 0.158 e. The van der Waals surface area contributed by atoms with Crippen molar-refractivity contribution in [1.82, 2.24) is 34.7 Å². The molecule has 142 valence electrons. The van der Waals surface area contributed by atoms with Crippen molar-refractivity contribution in [2.24, 2.45) is 5.92 Å². The zero-order valence-corrected chi connectivity index (χ0v) is 15.4. The van der Waals surface area contributed by atoms with Gasteiger partial charge in [-0.3, -0.25) is 4.68 Å². The number of aryl methyl sites for hydroxylation is 1. The first-order chi connectivity index (χ1) is 13.2. The number of nitrogens with zero attached hydrogens (tertiary/aromatic N) is 8. The Kier molecular flexibility index (Phi) is 5.10. The standard InChI is InChI=1S/C18H24N8O/c1-14-9-21-26(10-14)18-8-17(19-13-20-18)24-5-2-15(3-6-24)11-25-12-16(4-7-27)22-23-25/h8-10,12-13,15,27H,2-7,11H2,1H3. The van der Waals surface area contributed by atoms with Gasteiger partial charge in [-0.15, -0.1) is 5.10 Å². The maximum Gasteiger partial charge on any atom is 0.158 e. The topological polar surface area (TPSA) is 97.8 Å². The average Bonchev–Trinajstić information content (AvgIpc) is 3.32. The molecule has 3 aromatic heterocycles. The molecule has 9 heteroatoms. The highest BCUT2D eigenvalue weighted by Gasteiger charge is 2.21. The van der Waals surface area contributed by atoms with Crippen LogP contribution in [0.1, 0.15) is 24.1 Å². The summed E-state index contributed by atoms with van der Waals surface area (Å²) in [5.41, 5.74) is 1.95. The highest BCUT2D eigenvalue weighted by atomic mass is 16.3. The lowest BCUT2D eigenvalue weighted by Crippen LogP contribution is -2.35. The third-order valence-electron chi connectivity index (χ3n) is 4.92. The van der Waals surface area contributed by atoms with Gasteiger partial charge in [0.1, 0.15) is 12.1 Å². The van der Waals surface area contributed by atoms with Gasteiger partial charge >= 0.3 is 0 Å². The summed E-state index contributed by atoms with van der Waals surface area (Å²) in [6.45, 7) is 4.90. The molecule has 0 aliphatic carbocycles. The number of aliphatic hydroxyl groups is 1. The average molecular weight is 368 g/mol. The fraction of sp³-hybridized carbons (Fsp3) is 0.500. The van der Waals surface area contributed by atoms with Gasteiger partial charge in [0.2, 0.25) is 0 Å². The van der Waals surface area contributed by atoms with E-state index < -0.39 is 0 Å². The van der Waals surface area contributed by atoms with Crippen molar-refractivity contribution in [3.05, 3.63) is 42.2 Å². The lowest BCUT2D eigenvalue weighted by atomic mass is 9.97. The van der Waals surface area contributed by atoms with Gasteiger partial charge in [-0.05, 0) is 31.2 Å². The molecule has 0 amide bonds. The monoisotopic (exact) mass is 368 g/mol. The molecule has 0 unspecified atom stereocenters. The van der Waals surface area contributed by atoms with Crippen LogP contribution in [-0.2, 0) is 13.0 Å². The van der Waals surface area contributed by atoms with Crippen LogP contribution in [0.15, 0.2) is 31.0 Å². The van der Waals surface area contributed by atoms with E-state index in [0.29, 0.717) is 12.3 Å². The number of anilines is 1. The molecule has 0 saturated carbocycles. The van der Waals surface area contributed by atoms with Crippen LogP contribution < -0.4 is 4.90 Å². The lowest BCUT2D eigenvalue weighted by Gasteiger charge is -2.32. The van der Waals surface area contributed by atoms with E-state index in [2.05, 4.69) is 30.3 Å². The minimum atomic E-state index is 0.107. The Hall–Kier alpha value is -2.81. The van der Waals surface area contributed by atoms with Crippen molar-refractivity contribution in [1.29, 1.82) is 0 Å². The number of piperidine rings is 1. The second-order valence-electron chi connectivity index (χ2n) is 7.03. The molecule has 0 aromatic carbocycles. The molecule has 4 rings (SSSR count). The molecule has 3 aromatic rings. The normalized spacial score (nSPS) is 15.4. The third-order valence-corrected chi connectivity index (χ3v) is 4.92. The number of rotatable bonds is 6. The molecule has 1 aliphatic rings. The lowest BCUT2D eigenvalue weighted by molar-refractivity contribution is 0.298. The Bertz CT molecular complexity index is 881. The number of hydrogen-bond acceptors (Lipinski definition) is 7. The SMILES string of the molecule is Cc1cnn(-c2cc(N3CCC(Cn4cc(CCO)nn4)CC3)ncn2)c1. The Morgan fingerprint density at radius 3 is 2.70 bits per heavy atom. The maximum atomic E-state index is 8.98. The van der Waals surface area contributed by atoms with E-state index in [4.69, 9.17) is 5.11 Å². The van der Waals surface area contributed by atoms with Gasteiger partial charge in [0.15, 0.2) is 5.82 Å². The molecule has 4 heterocycles. The fourth-order valence-electron chi connectivity index (χ4n) is 3.44. The van der Waals surface area contributed by atoms with E-state index in [1.807, 2.05) is 36.3 Å². The van der Waals surface area contributed by atoms with Crippen molar-refractivity contribution >= 4 is 5.82 Å². The molecule has 0 radical (unpaired) electrons. The van der Waals surface area contributed by atoms with Crippen molar-refractivity contribution in [3.8, 4) is 5.82 Å². The van der Waals surface area contributed by atoms with Crippen LogP contribution in [0.4, 0.5) is 5.82 Å². The Morgan fingerprint density at radius 2 is 1.96 bits per heavy atom. The molecule has 9 nitrogen and oxygen atoms in total. The van der Waals surface area contributed by atoms with Gasteiger partial charge in [-0.2, -0.15) is 5.10 Å². The fourth-order valence-corrected chi connectivity index (χ4v) is 3.44. The molecule has 1 saturated heterocycles. The second kappa shape index (κ2) is 7.83. The summed E-state index contributed by atoms with van der Waals surface area (Å²) in [6.07, 6.45) is 10.0. The Balaban J connectivity index is 1.36. The van der Waals surface area contributed by atoms with Crippen LogP contribution in [-0.4, -0.2) is 59.5 Å². The molecular weight excluding hydrogens is 344 g/mol. The molecule has 0 bridgehead atoms. The number of aliphatic hydroxyl groups excluding tert-OH is 1. The van der Waals surface area contributed by atoms with Gasteiger partial charge < -0.3 is 10.0 Å². The molecular formula is C18H24N8O. The van der Waals surface area contributed by atoms with Gasteiger partial charge in [0.05, 0.1) is 11.9 Å². The van der Waals surface area contributed by atoms with E-state index >= 15 is 0 Å². The van der Waals surface area contributed by atoms with Gasteiger partial charge in [0.25, 0.3) is 0 Å². The quantitative estimate of drug-likeness (QED) is 0.693. The van der Waals surface area contributed by atoms with E-state index in [1.165, 1.54) is 0 Å². The predicted octanol–water partition coefficient (Wildman–Crippen LogP) is 1.01. The second-order valence-corrected chi connectivity index (χ2v) is 7.03. The highest BCUT2D eigenvalue weighted by molar-refractivity contribution is 5.43. The first-order valence-electron chi connectivity index (χ1n) is 9.30. The van der Waals surface area contributed by atoms with Crippen LogP contribution in [0, 0.1) is 12.8 Å².